The van der Waals surface area contributed by atoms with Crippen LogP contribution in [0, 0.1) is 10.1 Å². The minimum Gasteiger partial charge on any atom is -0.477 e. The SMILES string of the molecule is CCCCCC(C)NC(=O)COc1ccccc1[N+](=O)[O-]. The molecule has 21 heavy (non-hydrogen) atoms. The molecule has 0 aliphatic heterocycles. The number of hydrogen-bond acceptors (Lipinski definition) is 4. The fourth-order valence-electron chi connectivity index (χ4n) is 1.96. The lowest BCUT2D eigenvalue weighted by atomic mass is 10.1. The van der Waals surface area contributed by atoms with Gasteiger partial charge in [-0.3, -0.25) is 14.9 Å². The molecule has 0 heterocycles. The van der Waals surface area contributed by atoms with Crippen LogP contribution in [-0.4, -0.2) is 23.5 Å². The number of carbonyl (C=O) groups excluding carboxylic acids is 1. The first kappa shape index (κ1) is 16.9. The van der Waals surface area contributed by atoms with E-state index in [-0.39, 0.29) is 30.0 Å². The highest BCUT2D eigenvalue weighted by Gasteiger charge is 2.15. The predicted octanol–water partition coefficient (Wildman–Crippen LogP) is 3.06. The van der Waals surface area contributed by atoms with E-state index in [1.54, 1.807) is 12.1 Å². The van der Waals surface area contributed by atoms with Crippen LogP contribution in [0.2, 0.25) is 0 Å². The third-order valence-electron chi connectivity index (χ3n) is 3.07. The van der Waals surface area contributed by atoms with Gasteiger partial charge in [-0.25, -0.2) is 0 Å². The van der Waals surface area contributed by atoms with Crippen LogP contribution in [0.3, 0.4) is 0 Å². The monoisotopic (exact) mass is 294 g/mol. The van der Waals surface area contributed by atoms with E-state index >= 15 is 0 Å². The van der Waals surface area contributed by atoms with Crippen LogP contribution in [0.25, 0.3) is 0 Å². The van der Waals surface area contributed by atoms with Gasteiger partial charge in [0, 0.05) is 12.1 Å². The summed E-state index contributed by atoms with van der Waals surface area (Å²) in [5.74, 6) is -0.159. The Morgan fingerprint density at radius 3 is 2.76 bits per heavy atom. The van der Waals surface area contributed by atoms with Gasteiger partial charge in [0.25, 0.3) is 5.91 Å². The number of carbonyl (C=O) groups is 1. The Morgan fingerprint density at radius 2 is 2.10 bits per heavy atom. The Balaban J connectivity index is 2.41. The Bertz CT molecular complexity index is 476. The Morgan fingerprint density at radius 1 is 1.38 bits per heavy atom. The summed E-state index contributed by atoms with van der Waals surface area (Å²) < 4.78 is 5.23. The molecule has 0 saturated heterocycles. The zero-order valence-corrected chi connectivity index (χ0v) is 12.5. The fourth-order valence-corrected chi connectivity index (χ4v) is 1.96. The number of nitrogens with zero attached hydrogens (tertiary/aromatic N) is 1. The normalized spacial score (nSPS) is 11.7. The van der Waals surface area contributed by atoms with E-state index < -0.39 is 4.92 Å². The fraction of sp³-hybridized carbons (Fsp3) is 0.533. The highest BCUT2D eigenvalue weighted by Crippen LogP contribution is 2.25. The minimum absolute atomic E-state index is 0.0819. The molecular weight excluding hydrogens is 272 g/mol. The molecule has 1 amide bonds. The lowest BCUT2D eigenvalue weighted by molar-refractivity contribution is -0.385. The van der Waals surface area contributed by atoms with Crippen molar-refractivity contribution in [3.63, 3.8) is 0 Å². The first-order valence-electron chi connectivity index (χ1n) is 7.20. The number of nitrogens with one attached hydrogen (secondary N) is 1. The Kier molecular flexibility index (Phi) is 7.21. The summed E-state index contributed by atoms with van der Waals surface area (Å²) in [6.07, 6.45) is 4.28. The molecule has 6 nitrogen and oxygen atoms in total. The number of nitro groups is 1. The standard InChI is InChI=1S/C15H22N2O4/c1-3-4-5-8-12(2)16-15(18)11-21-14-10-7-6-9-13(14)17(19)20/h6-7,9-10,12H,3-5,8,11H2,1-2H3,(H,16,18). The molecule has 0 aromatic heterocycles. The smallest absolute Gasteiger partial charge is 0.310 e. The van der Waals surface area contributed by atoms with E-state index in [0.717, 1.165) is 25.7 Å². The molecule has 116 valence electrons. The van der Waals surface area contributed by atoms with E-state index in [4.69, 9.17) is 4.74 Å². The number of benzene rings is 1. The van der Waals surface area contributed by atoms with Gasteiger partial charge in [0.05, 0.1) is 4.92 Å². The zero-order valence-electron chi connectivity index (χ0n) is 12.5. The lowest BCUT2D eigenvalue weighted by Crippen LogP contribution is -2.36. The molecule has 0 saturated carbocycles. The Labute approximate surface area is 124 Å². The van der Waals surface area contributed by atoms with Crippen molar-refractivity contribution in [3.05, 3.63) is 34.4 Å². The number of para-hydroxylation sites is 2. The molecule has 0 radical (unpaired) electrons. The molecule has 0 aliphatic rings. The summed E-state index contributed by atoms with van der Waals surface area (Å²) in [5, 5.41) is 13.6. The van der Waals surface area contributed by atoms with Crippen LogP contribution in [0.5, 0.6) is 5.75 Å². The third kappa shape index (κ3) is 6.25. The van der Waals surface area contributed by atoms with Crippen molar-refractivity contribution in [3.8, 4) is 5.75 Å². The lowest BCUT2D eigenvalue weighted by Gasteiger charge is -2.14. The van der Waals surface area contributed by atoms with Crippen LogP contribution in [0.15, 0.2) is 24.3 Å². The topological polar surface area (TPSA) is 81.5 Å². The van der Waals surface area contributed by atoms with Crippen LogP contribution in [0.1, 0.15) is 39.5 Å². The molecule has 1 N–H and O–H groups in total. The van der Waals surface area contributed by atoms with Gasteiger partial charge in [-0.05, 0) is 19.4 Å². The van der Waals surface area contributed by atoms with Crippen LogP contribution >= 0.6 is 0 Å². The molecule has 1 aromatic carbocycles. The highest BCUT2D eigenvalue weighted by atomic mass is 16.6. The Hall–Kier alpha value is -2.11. The van der Waals surface area contributed by atoms with Gasteiger partial charge in [0.1, 0.15) is 0 Å². The number of hydrogen-bond donors (Lipinski definition) is 1. The van der Waals surface area contributed by atoms with E-state index in [1.165, 1.54) is 12.1 Å². The van der Waals surface area contributed by atoms with Crippen molar-refractivity contribution in [1.82, 2.24) is 5.32 Å². The summed E-state index contributed by atoms with van der Waals surface area (Å²) >= 11 is 0. The van der Waals surface area contributed by atoms with Gasteiger partial charge in [0.2, 0.25) is 0 Å². The van der Waals surface area contributed by atoms with Crippen LogP contribution in [-0.2, 0) is 4.79 Å². The third-order valence-corrected chi connectivity index (χ3v) is 3.07. The number of unbranched alkanes of at least 4 members (excludes halogenated alkanes) is 2. The predicted molar refractivity (Wildman–Crippen MR) is 80.3 cm³/mol. The summed E-state index contributed by atoms with van der Waals surface area (Å²) in [6, 6.07) is 6.10. The second kappa shape index (κ2) is 8.94. The molecule has 1 aromatic rings. The molecule has 0 bridgehead atoms. The molecule has 0 fully saturated rings. The summed E-state index contributed by atoms with van der Waals surface area (Å²) in [4.78, 5) is 22.0. The molecule has 0 spiro atoms. The van der Waals surface area contributed by atoms with Gasteiger partial charge in [-0.15, -0.1) is 0 Å². The average Bonchev–Trinajstić information content (AvgIpc) is 2.45. The molecule has 1 unspecified atom stereocenters. The molecule has 1 rings (SSSR count). The maximum absolute atomic E-state index is 11.7. The van der Waals surface area contributed by atoms with E-state index in [1.807, 2.05) is 6.92 Å². The van der Waals surface area contributed by atoms with Gasteiger partial charge in [-0.1, -0.05) is 38.3 Å². The average molecular weight is 294 g/mol. The molecule has 0 aliphatic carbocycles. The van der Waals surface area contributed by atoms with Crippen molar-refractivity contribution in [1.29, 1.82) is 0 Å². The van der Waals surface area contributed by atoms with E-state index in [9.17, 15) is 14.9 Å². The number of rotatable bonds is 9. The molecule has 1 atom stereocenters. The van der Waals surface area contributed by atoms with Crippen molar-refractivity contribution in [2.75, 3.05) is 6.61 Å². The second-order valence-corrected chi connectivity index (χ2v) is 4.98. The summed E-state index contributed by atoms with van der Waals surface area (Å²) in [7, 11) is 0. The summed E-state index contributed by atoms with van der Waals surface area (Å²) in [6.45, 7) is 3.85. The summed E-state index contributed by atoms with van der Waals surface area (Å²) in [5.41, 5.74) is -0.138. The quantitative estimate of drug-likeness (QED) is 0.431. The number of nitro benzene ring substituents is 1. The van der Waals surface area contributed by atoms with Gasteiger partial charge in [0.15, 0.2) is 12.4 Å². The zero-order chi connectivity index (χ0) is 15.7. The van der Waals surface area contributed by atoms with Crippen molar-refractivity contribution >= 4 is 11.6 Å². The number of ether oxygens (including phenoxy) is 1. The van der Waals surface area contributed by atoms with Crippen molar-refractivity contribution < 1.29 is 14.5 Å². The van der Waals surface area contributed by atoms with Crippen LogP contribution in [0.4, 0.5) is 5.69 Å². The maximum atomic E-state index is 11.7. The minimum atomic E-state index is -0.527. The van der Waals surface area contributed by atoms with Crippen molar-refractivity contribution in [2.24, 2.45) is 0 Å². The van der Waals surface area contributed by atoms with E-state index in [2.05, 4.69) is 12.2 Å². The molecule has 6 heteroatoms. The number of amides is 1. The van der Waals surface area contributed by atoms with E-state index in [0.29, 0.717) is 0 Å². The van der Waals surface area contributed by atoms with Gasteiger partial charge < -0.3 is 10.1 Å². The first-order chi connectivity index (χ1) is 10.0. The first-order valence-corrected chi connectivity index (χ1v) is 7.20. The maximum Gasteiger partial charge on any atom is 0.310 e. The van der Waals surface area contributed by atoms with Gasteiger partial charge in [-0.2, -0.15) is 0 Å². The van der Waals surface area contributed by atoms with Gasteiger partial charge >= 0.3 is 5.69 Å². The van der Waals surface area contributed by atoms with Crippen molar-refractivity contribution in [2.45, 2.75) is 45.6 Å². The highest BCUT2D eigenvalue weighted by molar-refractivity contribution is 5.77. The largest absolute Gasteiger partial charge is 0.477 e. The molecular formula is C15H22N2O4. The second-order valence-electron chi connectivity index (χ2n) is 4.98. The van der Waals surface area contributed by atoms with Crippen LogP contribution < -0.4 is 10.1 Å².